The maximum Gasteiger partial charge on any atom is 0.276 e. The summed E-state index contributed by atoms with van der Waals surface area (Å²) < 4.78 is 15.6. The molecule has 31 heavy (non-hydrogen) atoms. The van der Waals surface area contributed by atoms with Gasteiger partial charge in [0.05, 0.1) is 12.2 Å². The van der Waals surface area contributed by atoms with E-state index in [0.29, 0.717) is 13.1 Å². The van der Waals surface area contributed by atoms with E-state index in [1.165, 1.54) is 16.8 Å². The number of nitrogens with zero attached hydrogens (tertiary/aromatic N) is 3. The average Bonchev–Trinajstić information content (AvgIpc) is 2.74. The van der Waals surface area contributed by atoms with Crippen LogP contribution in [0.5, 0.6) is 5.75 Å². The van der Waals surface area contributed by atoms with Crippen molar-refractivity contribution in [3.63, 3.8) is 0 Å². The highest BCUT2D eigenvalue weighted by atomic mass is 31.0. The highest BCUT2D eigenvalue weighted by Gasteiger charge is 2.39. The Morgan fingerprint density at radius 2 is 1.90 bits per heavy atom. The fourth-order valence-corrected chi connectivity index (χ4v) is 4.55. The number of hydrogen-bond donors (Lipinski definition) is 1. The van der Waals surface area contributed by atoms with Gasteiger partial charge in [-0.05, 0) is 35.0 Å². The molecule has 0 bridgehead atoms. The minimum absolute atomic E-state index is 0.124. The molecule has 1 N–H and O–H groups in total. The molecular weight excluding hydrogens is 416 g/mol. The number of aromatic hydroxyl groups is 1. The zero-order chi connectivity index (χ0) is 22.1. The first-order chi connectivity index (χ1) is 14.9. The van der Waals surface area contributed by atoms with Crippen molar-refractivity contribution in [1.82, 2.24) is 14.7 Å². The molecule has 1 aliphatic rings. The largest absolute Gasteiger partial charge is 0.502 e. The fourth-order valence-electron chi connectivity index (χ4n) is 4.24. The molecule has 3 atom stereocenters. The molecule has 1 amide bonds. The zero-order valence-electron chi connectivity index (χ0n) is 17.0. The van der Waals surface area contributed by atoms with Gasteiger partial charge in [0.15, 0.2) is 11.4 Å². The number of benzene rings is 2. The van der Waals surface area contributed by atoms with Gasteiger partial charge in [0, 0.05) is 19.0 Å². The number of carbonyl (C=O) groups is 1. The van der Waals surface area contributed by atoms with Gasteiger partial charge in [-0.1, -0.05) is 43.3 Å². The van der Waals surface area contributed by atoms with E-state index in [1.807, 2.05) is 37.3 Å². The molecule has 6 nitrogen and oxygen atoms in total. The molecule has 2 aromatic carbocycles. The van der Waals surface area contributed by atoms with E-state index in [2.05, 4.69) is 14.3 Å². The Kier molecular flexibility index (Phi) is 5.88. The van der Waals surface area contributed by atoms with Crippen LogP contribution in [-0.2, 0) is 0 Å². The fraction of sp³-hybridized carbons (Fsp3) is 0.261. The molecular formula is C23H23FN3O3P. The minimum atomic E-state index is -0.703. The van der Waals surface area contributed by atoms with Gasteiger partial charge in [-0.15, -0.1) is 9.24 Å². The third-order valence-electron chi connectivity index (χ3n) is 5.55. The number of rotatable bonds is 5. The van der Waals surface area contributed by atoms with Gasteiger partial charge in [0.1, 0.15) is 5.82 Å². The lowest BCUT2D eigenvalue weighted by Crippen LogP contribution is -2.47. The van der Waals surface area contributed by atoms with Crippen LogP contribution in [0.4, 0.5) is 4.39 Å². The van der Waals surface area contributed by atoms with Crippen molar-refractivity contribution < 1.29 is 14.3 Å². The van der Waals surface area contributed by atoms with Gasteiger partial charge in [-0.2, -0.15) is 5.10 Å². The lowest BCUT2D eigenvalue weighted by molar-refractivity contribution is 0.0634. The highest BCUT2D eigenvalue weighted by Crippen LogP contribution is 2.39. The molecule has 2 heterocycles. The van der Waals surface area contributed by atoms with E-state index >= 15 is 0 Å². The van der Waals surface area contributed by atoms with Crippen molar-refractivity contribution in [2.75, 3.05) is 13.1 Å². The van der Waals surface area contributed by atoms with Crippen molar-refractivity contribution >= 4 is 20.5 Å². The van der Waals surface area contributed by atoms with Crippen LogP contribution >= 0.6 is 9.24 Å². The summed E-state index contributed by atoms with van der Waals surface area (Å²) in [6.07, 6.45) is 1.73. The molecule has 4 rings (SSSR count). The first kappa shape index (κ1) is 21.2. The van der Waals surface area contributed by atoms with Crippen LogP contribution in [0.2, 0.25) is 0 Å². The predicted octanol–water partition coefficient (Wildman–Crippen LogP) is 2.83. The molecule has 0 saturated heterocycles. The van der Waals surface area contributed by atoms with E-state index in [4.69, 9.17) is 0 Å². The second kappa shape index (κ2) is 8.60. The summed E-state index contributed by atoms with van der Waals surface area (Å²) in [6.45, 7) is 2.74. The highest BCUT2D eigenvalue weighted by molar-refractivity contribution is 7.27. The predicted molar refractivity (Wildman–Crippen MR) is 119 cm³/mol. The second-order valence-corrected chi connectivity index (χ2v) is 8.34. The van der Waals surface area contributed by atoms with Crippen molar-refractivity contribution in [3.8, 4) is 5.75 Å². The molecule has 0 spiro atoms. The Hall–Kier alpha value is -3.05. The molecule has 0 radical (unpaired) electrons. The summed E-state index contributed by atoms with van der Waals surface area (Å²) in [5.74, 6) is -1.77. The van der Waals surface area contributed by atoms with E-state index < -0.39 is 23.1 Å². The summed E-state index contributed by atoms with van der Waals surface area (Å²) in [7, 11) is 2.66. The number of aromatic nitrogens is 2. The normalized spacial score (nSPS) is 16.8. The van der Waals surface area contributed by atoms with Gasteiger partial charge < -0.3 is 10.0 Å². The van der Waals surface area contributed by atoms with Gasteiger partial charge in [0.2, 0.25) is 5.43 Å². The zero-order valence-corrected chi connectivity index (χ0v) is 18.2. The van der Waals surface area contributed by atoms with E-state index in [1.54, 1.807) is 11.0 Å². The first-order valence-corrected chi connectivity index (χ1v) is 10.7. The Morgan fingerprint density at radius 1 is 1.19 bits per heavy atom. The molecule has 0 fully saturated rings. The number of carbonyl (C=O) groups excluding carboxylic acids is 1. The molecule has 160 valence electrons. The standard InChI is InChI=1S/C23H23FN3O3P/c1-2-9-26-13-18(27-21(23(26)30)22(29)19(28)12-25-27)20(14-5-3-7-16(24)10-14)15-6-4-8-17(31)11-15/h3-8,10-12,18,20,29H,2,9,13,31H2,1H3. The molecule has 3 unspecified atom stereocenters. The van der Waals surface area contributed by atoms with Crippen LogP contribution in [-0.4, -0.2) is 38.8 Å². The average molecular weight is 439 g/mol. The lowest BCUT2D eigenvalue weighted by atomic mass is 9.83. The first-order valence-electron chi connectivity index (χ1n) is 10.1. The topological polar surface area (TPSA) is 75.4 Å². The Labute approximate surface area is 181 Å². The third-order valence-corrected chi connectivity index (χ3v) is 5.91. The Balaban J connectivity index is 1.96. The molecule has 1 aromatic heterocycles. The van der Waals surface area contributed by atoms with Crippen LogP contribution in [0.25, 0.3) is 0 Å². The molecule has 3 aromatic rings. The van der Waals surface area contributed by atoms with Crippen molar-refractivity contribution in [2.45, 2.75) is 25.3 Å². The summed E-state index contributed by atoms with van der Waals surface area (Å²) >= 11 is 0. The maximum absolute atomic E-state index is 14.2. The minimum Gasteiger partial charge on any atom is -0.502 e. The number of hydrogen-bond acceptors (Lipinski definition) is 4. The molecule has 0 aliphatic carbocycles. The molecule has 8 heteroatoms. The third kappa shape index (κ3) is 3.98. The van der Waals surface area contributed by atoms with Crippen molar-refractivity contribution in [1.29, 1.82) is 0 Å². The van der Waals surface area contributed by atoms with Gasteiger partial charge >= 0.3 is 0 Å². The van der Waals surface area contributed by atoms with Gasteiger partial charge in [-0.25, -0.2) is 4.39 Å². The van der Waals surface area contributed by atoms with Crippen LogP contribution in [0.1, 0.15) is 46.9 Å². The number of amides is 1. The SMILES string of the molecule is CCCN1CC(C(c2cccc(F)c2)c2cccc(P)c2)n2ncc(=O)c(O)c2C1=O. The smallest absolute Gasteiger partial charge is 0.276 e. The monoisotopic (exact) mass is 439 g/mol. The second-order valence-electron chi connectivity index (χ2n) is 7.67. The summed E-state index contributed by atoms with van der Waals surface area (Å²) in [5.41, 5.74) is 0.809. The summed E-state index contributed by atoms with van der Waals surface area (Å²) in [6, 6.07) is 13.7. The van der Waals surface area contributed by atoms with E-state index in [-0.39, 0.29) is 17.4 Å². The van der Waals surface area contributed by atoms with Crippen LogP contribution in [0.15, 0.2) is 59.5 Å². The number of halogens is 1. The molecule has 1 aliphatic heterocycles. The Bertz CT molecular complexity index is 1150. The summed E-state index contributed by atoms with van der Waals surface area (Å²) in [4.78, 5) is 26.7. The van der Waals surface area contributed by atoms with E-state index in [0.717, 1.165) is 29.0 Å². The lowest BCUT2D eigenvalue weighted by Gasteiger charge is -2.39. The van der Waals surface area contributed by atoms with Crippen molar-refractivity contribution in [3.05, 3.63) is 87.6 Å². The number of fused-ring (bicyclic) bond motifs is 1. The Morgan fingerprint density at radius 3 is 2.58 bits per heavy atom. The maximum atomic E-state index is 14.2. The van der Waals surface area contributed by atoms with E-state index in [9.17, 15) is 19.1 Å². The van der Waals surface area contributed by atoms with Crippen LogP contribution in [0.3, 0.4) is 0 Å². The van der Waals surface area contributed by atoms with Crippen LogP contribution in [0, 0.1) is 5.82 Å². The summed E-state index contributed by atoms with van der Waals surface area (Å²) in [5, 5.41) is 15.6. The van der Waals surface area contributed by atoms with Crippen molar-refractivity contribution in [2.24, 2.45) is 0 Å². The molecule has 0 saturated carbocycles. The van der Waals surface area contributed by atoms with Crippen LogP contribution < -0.4 is 10.7 Å². The van der Waals surface area contributed by atoms with Gasteiger partial charge in [-0.3, -0.25) is 14.3 Å². The van der Waals surface area contributed by atoms with Gasteiger partial charge in [0.25, 0.3) is 5.91 Å². The quantitative estimate of drug-likeness (QED) is 0.621.